The number of piperidine rings is 1. The van der Waals surface area contributed by atoms with Gasteiger partial charge in [-0.3, -0.25) is 14.6 Å². The van der Waals surface area contributed by atoms with Crippen molar-refractivity contribution in [3.8, 4) is 0 Å². The first-order valence-electron chi connectivity index (χ1n) is 9.28. The summed E-state index contributed by atoms with van der Waals surface area (Å²) in [6.45, 7) is 8.48. The Hall–Kier alpha value is -1.93. The predicted octanol–water partition coefficient (Wildman–Crippen LogP) is 5.32. The van der Waals surface area contributed by atoms with Crippen LogP contribution < -0.4 is 4.90 Å². The van der Waals surface area contributed by atoms with Gasteiger partial charge in [-0.2, -0.15) is 13.2 Å². The van der Waals surface area contributed by atoms with Crippen LogP contribution in [0.4, 0.5) is 24.0 Å². The number of nitrogens with zero attached hydrogens (tertiary/aromatic N) is 3. The Morgan fingerprint density at radius 1 is 1.29 bits per heavy atom. The fourth-order valence-electron chi connectivity index (χ4n) is 3.87. The van der Waals surface area contributed by atoms with Crippen molar-refractivity contribution in [2.75, 3.05) is 18.0 Å². The van der Waals surface area contributed by atoms with E-state index in [4.69, 9.17) is 0 Å². The number of halogens is 3. The molecule has 152 valence electrons. The normalized spacial score (nSPS) is 20.9. The quantitative estimate of drug-likeness (QED) is 0.683. The molecule has 1 aliphatic rings. The van der Waals surface area contributed by atoms with Gasteiger partial charge in [-0.15, -0.1) is 11.3 Å². The first kappa shape index (κ1) is 20.8. The molecule has 0 unspecified atom stereocenters. The number of hydrogen-bond acceptors (Lipinski definition) is 4. The number of likely N-dealkylation sites (tertiary alicyclic amines) is 1. The van der Waals surface area contributed by atoms with Gasteiger partial charge in [0.05, 0.1) is 16.9 Å². The van der Waals surface area contributed by atoms with E-state index in [0.717, 1.165) is 30.9 Å². The van der Waals surface area contributed by atoms with Crippen LogP contribution in [0.25, 0.3) is 0 Å². The van der Waals surface area contributed by atoms with Crippen molar-refractivity contribution in [2.45, 2.75) is 39.9 Å². The van der Waals surface area contributed by atoms with E-state index in [1.807, 2.05) is 5.38 Å². The molecule has 0 N–H and O–H groups in total. The maximum Gasteiger partial charge on any atom is 0.416 e. The van der Waals surface area contributed by atoms with Crippen LogP contribution in [0.15, 0.2) is 29.6 Å². The van der Waals surface area contributed by atoms with Crippen LogP contribution in [-0.4, -0.2) is 28.9 Å². The van der Waals surface area contributed by atoms with Crippen LogP contribution in [0.3, 0.4) is 0 Å². The van der Waals surface area contributed by atoms with Crippen molar-refractivity contribution in [3.05, 3.63) is 40.9 Å². The molecule has 28 heavy (non-hydrogen) atoms. The summed E-state index contributed by atoms with van der Waals surface area (Å²) in [5.41, 5.74) is 0.215. The number of carbonyl (C=O) groups is 1. The third kappa shape index (κ3) is 4.91. The summed E-state index contributed by atoms with van der Waals surface area (Å²) in [7, 11) is 0. The second-order valence-electron chi connectivity index (χ2n) is 7.66. The Labute approximate surface area is 167 Å². The molecule has 1 fully saturated rings. The van der Waals surface area contributed by atoms with Crippen molar-refractivity contribution in [1.29, 1.82) is 0 Å². The molecule has 1 amide bonds. The van der Waals surface area contributed by atoms with Gasteiger partial charge in [0.2, 0.25) is 5.91 Å². The van der Waals surface area contributed by atoms with Gasteiger partial charge in [0, 0.05) is 31.9 Å². The Balaban J connectivity index is 1.82. The smallest absolute Gasteiger partial charge is 0.297 e. The molecule has 1 aromatic carbocycles. The lowest BCUT2D eigenvalue weighted by atomic mass is 9.92. The van der Waals surface area contributed by atoms with Gasteiger partial charge in [0.15, 0.2) is 5.13 Å². The third-order valence-corrected chi connectivity index (χ3v) is 5.68. The Kier molecular flexibility index (Phi) is 6.09. The van der Waals surface area contributed by atoms with Crippen LogP contribution >= 0.6 is 11.3 Å². The number of anilines is 2. The zero-order valence-electron chi connectivity index (χ0n) is 16.2. The lowest BCUT2D eigenvalue weighted by Gasteiger charge is -2.34. The molecule has 2 heterocycles. The highest BCUT2D eigenvalue weighted by atomic mass is 32.1. The minimum atomic E-state index is -4.46. The van der Waals surface area contributed by atoms with Gasteiger partial charge >= 0.3 is 6.18 Å². The van der Waals surface area contributed by atoms with E-state index in [-0.39, 0.29) is 11.6 Å². The van der Waals surface area contributed by atoms with Gasteiger partial charge in [0.25, 0.3) is 0 Å². The maximum atomic E-state index is 13.0. The molecule has 0 spiro atoms. The molecule has 0 bridgehead atoms. The highest BCUT2D eigenvalue weighted by molar-refractivity contribution is 7.14. The highest BCUT2D eigenvalue weighted by Gasteiger charge is 2.31. The number of thiazole rings is 1. The largest absolute Gasteiger partial charge is 0.416 e. The van der Waals surface area contributed by atoms with E-state index >= 15 is 0 Å². The number of benzene rings is 1. The standard InChI is InChI=1S/C20H24F3N3OS/c1-13-7-14(2)10-25(9-13)11-17-12-28-19(24-17)26(15(3)27)18-6-4-5-16(8-18)20(21,22)23/h4-6,8,12-14H,7,9-11H2,1-3H3/t13-,14+. The van der Waals surface area contributed by atoms with Crippen LogP contribution in [0.2, 0.25) is 0 Å². The van der Waals surface area contributed by atoms with Crippen LogP contribution in [0.5, 0.6) is 0 Å². The average molecular weight is 411 g/mol. The van der Waals surface area contributed by atoms with Gasteiger partial charge in [-0.05, 0) is 36.5 Å². The van der Waals surface area contributed by atoms with E-state index in [0.29, 0.717) is 23.5 Å². The summed E-state index contributed by atoms with van der Waals surface area (Å²) in [6.07, 6.45) is -3.25. The first-order chi connectivity index (χ1) is 13.1. The van der Waals surface area contributed by atoms with Gasteiger partial charge in [0.1, 0.15) is 0 Å². The molecule has 3 rings (SSSR count). The van der Waals surface area contributed by atoms with Crippen molar-refractivity contribution in [3.63, 3.8) is 0 Å². The van der Waals surface area contributed by atoms with Crippen molar-refractivity contribution in [1.82, 2.24) is 9.88 Å². The molecule has 8 heteroatoms. The van der Waals surface area contributed by atoms with E-state index < -0.39 is 11.7 Å². The second kappa shape index (κ2) is 8.21. The zero-order valence-corrected chi connectivity index (χ0v) is 17.0. The summed E-state index contributed by atoms with van der Waals surface area (Å²) in [5, 5.41) is 2.27. The number of carbonyl (C=O) groups excluding carboxylic acids is 1. The van der Waals surface area contributed by atoms with Crippen LogP contribution in [0, 0.1) is 11.8 Å². The average Bonchev–Trinajstić information content (AvgIpc) is 3.01. The third-order valence-electron chi connectivity index (χ3n) is 4.81. The van der Waals surface area contributed by atoms with E-state index in [9.17, 15) is 18.0 Å². The molecule has 1 aliphatic heterocycles. The summed E-state index contributed by atoms with van der Waals surface area (Å²) < 4.78 is 39.1. The Morgan fingerprint density at radius 2 is 1.96 bits per heavy atom. The van der Waals surface area contributed by atoms with E-state index in [1.54, 1.807) is 0 Å². The molecule has 0 radical (unpaired) electrons. The lowest BCUT2D eigenvalue weighted by molar-refractivity contribution is -0.137. The monoisotopic (exact) mass is 411 g/mol. The molecule has 1 saturated heterocycles. The minimum Gasteiger partial charge on any atom is -0.297 e. The molecule has 0 saturated carbocycles. The molecular weight excluding hydrogens is 387 g/mol. The molecule has 0 aliphatic carbocycles. The van der Waals surface area contributed by atoms with Gasteiger partial charge < -0.3 is 0 Å². The SMILES string of the molecule is CC(=O)N(c1cccc(C(F)(F)F)c1)c1nc(CN2C[C@H](C)C[C@H](C)C2)cs1. The van der Waals surface area contributed by atoms with Crippen LogP contribution in [-0.2, 0) is 17.5 Å². The number of alkyl halides is 3. The molecule has 4 nitrogen and oxygen atoms in total. The van der Waals surface area contributed by atoms with Gasteiger partial charge in [-0.25, -0.2) is 4.98 Å². The number of amides is 1. The molecule has 2 atom stereocenters. The number of rotatable bonds is 4. The summed E-state index contributed by atoms with van der Waals surface area (Å²) in [5.74, 6) is 0.877. The molecule has 2 aromatic rings. The predicted molar refractivity (Wildman–Crippen MR) is 105 cm³/mol. The topological polar surface area (TPSA) is 36.4 Å². The maximum absolute atomic E-state index is 13.0. The van der Waals surface area contributed by atoms with Crippen molar-refractivity contribution >= 4 is 28.1 Å². The minimum absolute atomic E-state index is 0.170. The van der Waals surface area contributed by atoms with Crippen molar-refractivity contribution in [2.24, 2.45) is 11.8 Å². The number of hydrogen-bond donors (Lipinski definition) is 0. The number of aromatic nitrogens is 1. The second-order valence-corrected chi connectivity index (χ2v) is 8.50. The van der Waals surface area contributed by atoms with Gasteiger partial charge in [-0.1, -0.05) is 19.9 Å². The summed E-state index contributed by atoms with van der Waals surface area (Å²) >= 11 is 1.27. The van der Waals surface area contributed by atoms with E-state index in [2.05, 4.69) is 23.7 Å². The fraction of sp³-hybridized carbons (Fsp3) is 0.500. The van der Waals surface area contributed by atoms with E-state index in [1.165, 1.54) is 41.7 Å². The highest BCUT2D eigenvalue weighted by Crippen LogP contribution is 2.35. The van der Waals surface area contributed by atoms with Crippen LogP contribution in [0.1, 0.15) is 38.4 Å². The lowest BCUT2D eigenvalue weighted by Crippen LogP contribution is -2.38. The van der Waals surface area contributed by atoms with Crippen molar-refractivity contribution < 1.29 is 18.0 Å². The summed E-state index contributed by atoms with van der Waals surface area (Å²) in [4.78, 5) is 20.3. The Bertz CT molecular complexity index is 826. The fourth-order valence-corrected chi connectivity index (χ4v) is 4.75. The molecule has 1 aromatic heterocycles. The molecular formula is C20H24F3N3OS. The zero-order chi connectivity index (χ0) is 20.5. The summed E-state index contributed by atoms with van der Waals surface area (Å²) in [6, 6.07) is 4.77. The Morgan fingerprint density at radius 3 is 2.57 bits per heavy atom. The first-order valence-corrected chi connectivity index (χ1v) is 10.2.